The SMILES string of the molecule is COc1cc2c(cc1OC)CN1C(=S)N(c3ccccc3OC)C(=O)[C@H]1C2. The highest BCUT2D eigenvalue weighted by Gasteiger charge is 2.46. The largest absolute Gasteiger partial charge is 0.495 e. The summed E-state index contributed by atoms with van der Waals surface area (Å²) in [6.45, 7) is 0.552. The number of ether oxygens (including phenoxy) is 3. The average Bonchev–Trinajstić information content (AvgIpc) is 2.94. The van der Waals surface area contributed by atoms with Crippen molar-refractivity contribution in [2.75, 3.05) is 26.2 Å². The minimum atomic E-state index is -0.326. The first-order valence-corrected chi connectivity index (χ1v) is 9.01. The Kier molecular flexibility index (Phi) is 4.39. The van der Waals surface area contributed by atoms with Crippen LogP contribution in [0.4, 0.5) is 5.69 Å². The highest BCUT2D eigenvalue weighted by Crippen LogP contribution is 2.39. The first kappa shape index (κ1) is 17.6. The molecule has 0 radical (unpaired) electrons. The average molecular weight is 384 g/mol. The van der Waals surface area contributed by atoms with E-state index in [-0.39, 0.29) is 11.9 Å². The minimum absolute atomic E-state index is 0.0371. The van der Waals surface area contributed by atoms with Gasteiger partial charge in [-0.2, -0.15) is 0 Å². The van der Waals surface area contributed by atoms with Crippen molar-refractivity contribution in [1.29, 1.82) is 0 Å². The second-order valence-corrected chi connectivity index (χ2v) is 6.82. The van der Waals surface area contributed by atoms with E-state index < -0.39 is 0 Å². The lowest BCUT2D eigenvalue weighted by Crippen LogP contribution is -2.40. The van der Waals surface area contributed by atoms with Crippen LogP contribution in [0.5, 0.6) is 17.2 Å². The number of rotatable bonds is 4. The number of carbonyl (C=O) groups is 1. The molecule has 0 unspecified atom stereocenters. The summed E-state index contributed by atoms with van der Waals surface area (Å²) in [6, 6.07) is 11.0. The molecule has 7 heteroatoms. The molecule has 6 nitrogen and oxygen atoms in total. The fourth-order valence-electron chi connectivity index (χ4n) is 3.74. The number of para-hydroxylation sites is 2. The number of nitrogens with zero attached hydrogens (tertiary/aromatic N) is 2. The Morgan fingerprint density at radius 2 is 1.59 bits per heavy atom. The van der Waals surface area contributed by atoms with Crippen LogP contribution in [0.3, 0.4) is 0 Å². The number of hydrogen-bond acceptors (Lipinski definition) is 5. The van der Waals surface area contributed by atoms with Gasteiger partial charge < -0.3 is 19.1 Å². The maximum atomic E-state index is 13.2. The van der Waals surface area contributed by atoms with Crippen molar-refractivity contribution in [2.24, 2.45) is 0 Å². The quantitative estimate of drug-likeness (QED) is 0.756. The van der Waals surface area contributed by atoms with Crippen molar-refractivity contribution >= 4 is 28.9 Å². The molecule has 140 valence electrons. The van der Waals surface area contributed by atoms with Crippen molar-refractivity contribution in [3.05, 3.63) is 47.5 Å². The Morgan fingerprint density at radius 3 is 2.26 bits per heavy atom. The van der Waals surface area contributed by atoms with Crippen molar-refractivity contribution in [3.8, 4) is 17.2 Å². The van der Waals surface area contributed by atoms with Crippen molar-refractivity contribution in [1.82, 2.24) is 4.90 Å². The van der Waals surface area contributed by atoms with Gasteiger partial charge in [0.1, 0.15) is 11.8 Å². The van der Waals surface area contributed by atoms with Crippen LogP contribution in [0, 0.1) is 0 Å². The number of anilines is 1. The number of hydrogen-bond donors (Lipinski definition) is 0. The summed E-state index contributed by atoms with van der Waals surface area (Å²) in [5.41, 5.74) is 2.83. The van der Waals surface area contributed by atoms with Crippen molar-refractivity contribution in [3.63, 3.8) is 0 Å². The maximum Gasteiger partial charge on any atom is 0.256 e. The smallest absolute Gasteiger partial charge is 0.256 e. The van der Waals surface area contributed by atoms with Gasteiger partial charge in [-0.3, -0.25) is 9.69 Å². The lowest BCUT2D eigenvalue weighted by Gasteiger charge is -2.31. The summed E-state index contributed by atoms with van der Waals surface area (Å²) < 4.78 is 16.2. The molecule has 2 aliphatic rings. The van der Waals surface area contributed by atoms with E-state index in [0.29, 0.717) is 41.0 Å². The van der Waals surface area contributed by atoms with Crippen LogP contribution in [0.25, 0.3) is 0 Å². The van der Waals surface area contributed by atoms with Gasteiger partial charge in [0.2, 0.25) is 0 Å². The highest BCUT2D eigenvalue weighted by atomic mass is 32.1. The van der Waals surface area contributed by atoms with Crippen molar-refractivity contribution < 1.29 is 19.0 Å². The number of benzene rings is 2. The molecule has 2 heterocycles. The zero-order valence-corrected chi connectivity index (χ0v) is 16.2. The van der Waals surface area contributed by atoms with E-state index in [0.717, 1.165) is 11.1 Å². The van der Waals surface area contributed by atoms with E-state index in [1.165, 1.54) is 0 Å². The van der Waals surface area contributed by atoms with Gasteiger partial charge in [-0.05, 0) is 47.6 Å². The Morgan fingerprint density at radius 1 is 0.963 bits per heavy atom. The number of amides is 1. The van der Waals surface area contributed by atoms with E-state index in [9.17, 15) is 4.79 Å². The van der Waals surface area contributed by atoms with Crippen molar-refractivity contribution in [2.45, 2.75) is 19.0 Å². The molecule has 2 aliphatic heterocycles. The predicted molar refractivity (Wildman–Crippen MR) is 106 cm³/mol. The van der Waals surface area contributed by atoms with E-state index in [1.54, 1.807) is 26.2 Å². The van der Waals surface area contributed by atoms with E-state index in [4.69, 9.17) is 26.4 Å². The Balaban J connectivity index is 1.72. The topological polar surface area (TPSA) is 51.2 Å². The predicted octanol–water partition coefficient (Wildman–Crippen LogP) is 2.77. The van der Waals surface area contributed by atoms with Crippen LogP contribution in [0.1, 0.15) is 11.1 Å². The summed E-state index contributed by atoms with van der Waals surface area (Å²) in [7, 11) is 4.81. The summed E-state index contributed by atoms with van der Waals surface area (Å²) in [5, 5.41) is 0.495. The molecule has 0 bridgehead atoms. The lowest BCUT2D eigenvalue weighted by atomic mass is 9.94. The second kappa shape index (κ2) is 6.74. The molecule has 1 fully saturated rings. The Bertz CT molecular complexity index is 879. The van der Waals surface area contributed by atoms with Crippen LogP contribution in [0.15, 0.2) is 36.4 Å². The number of carbonyl (C=O) groups excluding carboxylic acids is 1. The number of fused-ring (bicyclic) bond motifs is 2. The highest BCUT2D eigenvalue weighted by molar-refractivity contribution is 7.80. The molecule has 1 saturated heterocycles. The molecule has 0 saturated carbocycles. The summed E-state index contributed by atoms with van der Waals surface area (Å²) in [5.74, 6) is 1.92. The standard InChI is InChI=1S/C20H20N2O4S/c1-24-16-7-5-4-6-14(16)22-19(23)15-8-12-9-17(25-2)18(26-3)10-13(12)11-21(15)20(22)27/h4-7,9-10,15H,8,11H2,1-3H3/t15-/m1/s1. The number of methoxy groups -OCH3 is 3. The molecule has 2 aromatic carbocycles. The fourth-order valence-corrected chi connectivity index (χ4v) is 4.12. The van der Waals surface area contributed by atoms with Gasteiger partial charge in [-0.1, -0.05) is 12.1 Å². The Hall–Kier alpha value is -2.80. The van der Waals surface area contributed by atoms with E-state index in [2.05, 4.69) is 0 Å². The first-order valence-electron chi connectivity index (χ1n) is 8.60. The summed E-state index contributed by atoms with van der Waals surface area (Å²) in [6.07, 6.45) is 0.570. The number of thiocarbonyl (C=S) groups is 1. The lowest BCUT2D eigenvalue weighted by molar-refractivity contribution is -0.120. The van der Waals surface area contributed by atoms with Gasteiger partial charge in [-0.25, -0.2) is 0 Å². The Labute approximate surface area is 163 Å². The summed E-state index contributed by atoms with van der Waals surface area (Å²) in [4.78, 5) is 16.7. The van der Waals surface area contributed by atoms with Crippen LogP contribution < -0.4 is 19.1 Å². The zero-order chi connectivity index (χ0) is 19.1. The minimum Gasteiger partial charge on any atom is -0.495 e. The van der Waals surface area contributed by atoms with Gasteiger partial charge in [0, 0.05) is 13.0 Å². The van der Waals surface area contributed by atoms with Crippen LogP contribution in [0.2, 0.25) is 0 Å². The molecular weight excluding hydrogens is 364 g/mol. The monoisotopic (exact) mass is 384 g/mol. The molecule has 1 amide bonds. The normalized spacial score (nSPS) is 18.3. The third-order valence-corrected chi connectivity index (χ3v) is 5.52. The first-order chi connectivity index (χ1) is 13.1. The molecule has 0 aliphatic carbocycles. The third-order valence-electron chi connectivity index (χ3n) is 5.10. The van der Waals surface area contributed by atoms with Crippen LogP contribution in [-0.4, -0.2) is 43.3 Å². The van der Waals surface area contributed by atoms with Gasteiger partial charge in [-0.15, -0.1) is 0 Å². The molecule has 2 aromatic rings. The van der Waals surface area contributed by atoms with Crippen LogP contribution in [-0.2, 0) is 17.8 Å². The maximum absolute atomic E-state index is 13.2. The molecule has 0 spiro atoms. The fraction of sp³-hybridized carbons (Fsp3) is 0.300. The zero-order valence-electron chi connectivity index (χ0n) is 15.4. The summed E-state index contributed by atoms with van der Waals surface area (Å²) >= 11 is 5.66. The van der Waals surface area contributed by atoms with Gasteiger partial charge in [0.15, 0.2) is 16.6 Å². The van der Waals surface area contributed by atoms with Gasteiger partial charge >= 0.3 is 0 Å². The van der Waals surface area contributed by atoms with Crippen LogP contribution >= 0.6 is 12.2 Å². The molecule has 1 atom stereocenters. The molecule has 4 rings (SSSR count). The second-order valence-electron chi connectivity index (χ2n) is 6.45. The van der Waals surface area contributed by atoms with E-state index >= 15 is 0 Å². The van der Waals surface area contributed by atoms with Gasteiger partial charge in [0.25, 0.3) is 5.91 Å². The molecular formula is C20H20N2O4S. The van der Waals surface area contributed by atoms with E-state index in [1.807, 2.05) is 41.3 Å². The third kappa shape index (κ3) is 2.70. The molecule has 0 N–H and O–H groups in total. The van der Waals surface area contributed by atoms with Gasteiger partial charge in [0.05, 0.1) is 27.0 Å². The molecule has 27 heavy (non-hydrogen) atoms. The molecule has 0 aromatic heterocycles.